The summed E-state index contributed by atoms with van der Waals surface area (Å²) >= 11 is 5.60. The summed E-state index contributed by atoms with van der Waals surface area (Å²) in [6.07, 6.45) is -4.09. The van der Waals surface area contributed by atoms with Gasteiger partial charge >= 0.3 is 5.97 Å². The highest BCUT2D eigenvalue weighted by molar-refractivity contribution is 6.29. The van der Waals surface area contributed by atoms with Gasteiger partial charge in [0.25, 0.3) is 6.43 Å². The molecule has 0 saturated heterocycles. The molecule has 7 heteroatoms. The highest BCUT2D eigenvalue weighted by Gasteiger charge is 2.22. The first kappa shape index (κ1) is 13.6. The molecule has 0 fully saturated rings. The lowest BCUT2D eigenvalue weighted by atomic mass is 10.2. The Morgan fingerprint density at radius 3 is 2.65 bits per heavy atom. The molecule has 1 unspecified atom stereocenters. The molecule has 1 aromatic rings. The molecule has 0 spiro atoms. The Morgan fingerprint density at radius 2 is 2.12 bits per heavy atom. The highest BCUT2D eigenvalue weighted by Crippen LogP contribution is 2.22. The third-order valence-corrected chi connectivity index (χ3v) is 2.09. The van der Waals surface area contributed by atoms with Crippen molar-refractivity contribution in [3.8, 4) is 5.88 Å². The molecule has 1 heterocycles. The Bertz CT molecular complexity index is 415. The second-order valence-electron chi connectivity index (χ2n) is 3.14. The minimum atomic E-state index is -2.69. The van der Waals surface area contributed by atoms with E-state index in [9.17, 15) is 13.6 Å². The van der Waals surface area contributed by atoms with Crippen LogP contribution in [0.1, 0.15) is 17.3 Å². The van der Waals surface area contributed by atoms with Gasteiger partial charge in [-0.15, -0.1) is 0 Å². The summed E-state index contributed by atoms with van der Waals surface area (Å²) in [6.45, 7) is 1.16. The second kappa shape index (κ2) is 5.77. The Balaban J connectivity index is 3.03. The van der Waals surface area contributed by atoms with Crippen molar-refractivity contribution < 1.29 is 23.0 Å². The average Bonchev–Trinajstić information content (AvgIpc) is 2.28. The quantitative estimate of drug-likeness (QED) is 0.620. The van der Waals surface area contributed by atoms with E-state index in [-0.39, 0.29) is 16.6 Å². The van der Waals surface area contributed by atoms with Crippen LogP contribution in [0.25, 0.3) is 0 Å². The zero-order valence-corrected chi connectivity index (χ0v) is 9.87. The number of alkyl halides is 2. The number of hydrogen-bond acceptors (Lipinski definition) is 4. The number of carbonyl (C=O) groups excluding carboxylic acids is 1. The molecule has 0 aliphatic carbocycles. The molecule has 0 aliphatic rings. The molecule has 0 saturated carbocycles. The fraction of sp³-hybridized carbons (Fsp3) is 0.400. The van der Waals surface area contributed by atoms with Crippen molar-refractivity contribution in [2.45, 2.75) is 19.5 Å². The minimum Gasteiger partial charge on any atom is -0.468 e. The highest BCUT2D eigenvalue weighted by atomic mass is 35.5. The van der Waals surface area contributed by atoms with Crippen LogP contribution in [-0.4, -0.2) is 30.6 Å². The molecule has 0 radical (unpaired) electrons. The van der Waals surface area contributed by atoms with Gasteiger partial charge in [-0.1, -0.05) is 11.6 Å². The largest absolute Gasteiger partial charge is 0.468 e. The Kier molecular flexibility index (Phi) is 4.62. The molecule has 0 amide bonds. The first-order valence-electron chi connectivity index (χ1n) is 4.65. The maximum Gasteiger partial charge on any atom is 0.343 e. The summed E-state index contributed by atoms with van der Waals surface area (Å²) in [4.78, 5) is 15.0. The predicted molar refractivity (Wildman–Crippen MR) is 56.7 cm³/mol. The van der Waals surface area contributed by atoms with Crippen molar-refractivity contribution in [2.75, 3.05) is 7.11 Å². The summed E-state index contributed by atoms with van der Waals surface area (Å²) in [7, 11) is 1.16. The van der Waals surface area contributed by atoms with Crippen LogP contribution in [-0.2, 0) is 4.74 Å². The monoisotopic (exact) mass is 265 g/mol. The standard InChI is InChI=1S/C10H10ClF2NO3/c1-5(8(12)13)17-9-6(10(15)16-2)3-4-7(11)14-9/h3-5,8H,1-2H3. The van der Waals surface area contributed by atoms with Gasteiger partial charge < -0.3 is 9.47 Å². The Hall–Kier alpha value is -1.43. The SMILES string of the molecule is COC(=O)c1ccc(Cl)nc1OC(C)C(F)F. The van der Waals surface area contributed by atoms with E-state index in [1.807, 2.05) is 0 Å². The van der Waals surface area contributed by atoms with Crippen LogP contribution in [0.3, 0.4) is 0 Å². The number of rotatable bonds is 4. The second-order valence-corrected chi connectivity index (χ2v) is 3.52. The summed E-state index contributed by atoms with van der Waals surface area (Å²) in [5.41, 5.74) is -0.0515. The van der Waals surface area contributed by atoms with Gasteiger partial charge in [0.15, 0.2) is 6.10 Å². The van der Waals surface area contributed by atoms with Crippen LogP contribution < -0.4 is 4.74 Å². The van der Waals surface area contributed by atoms with E-state index >= 15 is 0 Å². The van der Waals surface area contributed by atoms with E-state index < -0.39 is 18.5 Å². The lowest BCUT2D eigenvalue weighted by molar-refractivity contribution is 0.0186. The van der Waals surface area contributed by atoms with Crippen molar-refractivity contribution in [3.63, 3.8) is 0 Å². The molecule has 17 heavy (non-hydrogen) atoms. The molecule has 0 bridgehead atoms. The molecule has 4 nitrogen and oxygen atoms in total. The maximum atomic E-state index is 12.3. The molecular weight excluding hydrogens is 256 g/mol. The fourth-order valence-corrected chi connectivity index (χ4v) is 1.14. The number of hydrogen-bond donors (Lipinski definition) is 0. The van der Waals surface area contributed by atoms with Crippen LogP contribution in [0.15, 0.2) is 12.1 Å². The number of nitrogens with zero attached hydrogens (tertiary/aromatic N) is 1. The van der Waals surface area contributed by atoms with Crippen LogP contribution in [0.4, 0.5) is 8.78 Å². The van der Waals surface area contributed by atoms with Gasteiger partial charge in [-0.3, -0.25) is 0 Å². The molecule has 0 aromatic carbocycles. The van der Waals surface area contributed by atoms with Crippen LogP contribution in [0.2, 0.25) is 5.15 Å². The van der Waals surface area contributed by atoms with Crippen molar-refractivity contribution in [1.82, 2.24) is 4.98 Å². The van der Waals surface area contributed by atoms with E-state index in [1.165, 1.54) is 12.1 Å². The van der Waals surface area contributed by atoms with E-state index in [0.29, 0.717) is 0 Å². The number of aromatic nitrogens is 1. The van der Waals surface area contributed by atoms with Gasteiger partial charge in [0.1, 0.15) is 10.7 Å². The molecule has 1 atom stereocenters. The summed E-state index contributed by atoms with van der Waals surface area (Å²) in [6, 6.07) is 2.64. The van der Waals surface area contributed by atoms with Crippen molar-refractivity contribution in [3.05, 3.63) is 22.8 Å². The van der Waals surface area contributed by atoms with Gasteiger partial charge in [-0.25, -0.2) is 18.6 Å². The van der Waals surface area contributed by atoms with Crippen LogP contribution >= 0.6 is 11.6 Å². The fourth-order valence-electron chi connectivity index (χ4n) is 1.00. The van der Waals surface area contributed by atoms with E-state index in [0.717, 1.165) is 14.0 Å². The van der Waals surface area contributed by atoms with Gasteiger partial charge in [-0.05, 0) is 19.1 Å². The number of methoxy groups -OCH3 is 1. The molecule has 1 rings (SSSR count). The predicted octanol–water partition coefficient (Wildman–Crippen LogP) is 2.55. The lowest BCUT2D eigenvalue weighted by Gasteiger charge is -2.14. The molecule has 0 aliphatic heterocycles. The first-order chi connectivity index (χ1) is 7.95. The summed E-state index contributed by atoms with van der Waals surface area (Å²) < 4.78 is 34.0. The maximum absolute atomic E-state index is 12.3. The smallest absolute Gasteiger partial charge is 0.343 e. The number of carbonyl (C=O) groups is 1. The zero-order chi connectivity index (χ0) is 13.0. The average molecular weight is 266 g/mol. The van der Waals surface area contributed by atoms with Gasteiger partial charge in [-0.2, -0.15) is 0 Å². The third-order valence-electron chi connectivity index (χ3n) is 1.88. The van der Waals surface area contributed by atoms with Crippen molar-refractivity contribution >= 4 is 17.6 Å². The topological polar surface area (TPSA) is 48.4 Å². The van der Waals surface area contributed by atoms with Crippen molar-refractivity contribution in [2.24, 2.45) is 0 Å². The number of ether oxygens (including phenoxy) is 2. The number of pyridine rings is 1. The van der Waals surface area contributed by atoms with E-state index in [2.05, 4.69) is 9.72 Å². The van der Waals surface area contributed by atoms with Crippen LogP contribution in [0, 0.1) is 0 Å². The molecule has 1 aromatic heterocycles. The minimum absolute atomic E-state index is 0.0362. The first-order valence-corrected chi connectivity index (χ1v) is 5.03. The van der Waals surface area contributed by atoms with Crippen molar-refractivity contribution in [1.29, 1.82) is 0 Å². The van der Waals surface area contributed by atoms with E-state index in [4.69, 9.17) is 16.3 Å². The van der Waals surface area contributed by atoms with E-state index in [1.54, 1.807) is 0 Å². The molecule has 94 valence electrons. The third kappa shape index (κ3) is 3.52. The molecular formula is C10H10ClF2NO3. The normalized spacial score (nSPS) is 12.4. The Labute approximate surface area is 101 Å². The van der Waals surface area contributed by atoms with Gasteiger partial charge in [0, 0.05) is 0 Å². The molecule has 0 N–H and O–H groups in total. The zero-order valence-electron chi connectivity index (χ0n) is 9.12. The summed E-state index contributed by atoms with van der Waals surface area (Å²) in [5.74, 6) is -0.997. The number of esters is 1. The number of halogens is 3. The van der Waals surface area contributed by atoms with Crippen LogP contribution in [0.5, 0.6) is 5.88 Å². The lowest BCUT2D eigenvalue weighted by Crippen LogP contribution is -2.23. The van der Waals surface area contributed by atoms with Gasteiger partial charge in [0.2, 0.25) is 5.88 Å². The Morgan fingerprint density at radius 1 is 1.47 bits per heavy atom. The summed E-state index contributed by atoms with van der Waals surface area (Å²) in [5, 5.41) is 0.0362. The van der Waals surface area contributed by atoms with Gasteiger partial charge in [0.05, 0.1) is 7.11 Å².